The number of hydrogen-bond donors (Lipinski definition) is 0. The van der Waals surface area contributed by atoms with Crippen LogP contribution >= 0.6 is 11.3 Å². The van der Waals surface area contributed by atoms with E-state index in [1.165, 1.54) is 11.3 Å². The smallest absolute Gasteiger partial charge is 0.338 e. The van der Waals surface area contributed by atoms with Gasteiger partial charge in [-0.25, -0.2) is 4.79 Å². The summed E-state index contributed by atoms with van der Waals surface area (Å²) in [7, 11) is 1.84. The Bertz CT molecular complexity index is 1040. The highest BCUT2D eigenvalue weighted by Crippen LogP contribution is 2.19. The van der Waals surface area contributed by atoms with Crippen LogP contribution in [-0.2, 0) is 11.8 Å². The maximum atomic E-state index is 12.4. The summed E-state index contributed by atoms with van der Waals surface area (Å²) in [4.78, 5) is 29.1. The molecule has 0 aliphatic rings. The molecule has 0 saturated carbocycles. The third-order valence-corrected chi connectivity index (χ3v) is 4.97. The van der Waals surface area contributed by atoms with E-state index in [-0.39, 0.29) is 12.0 Å². The molecule has 0 radical (unpaired) electrons. The maximum absolute atomic E-state index is 12.4. The van der Waals surface area contributed by atoms with Crippen molar-refractivity contribution in [2.45, 2.75) is 26.8 Å². The highest BCUT2D eigenvalue weighted by molar-refractivity contribution is 7.16. The van der Waals surface area contributed by atoms with Crippen molar-refractivity contribution in [3.63, 3.8) is 0 Å². The second kappa shape index (κ2) is 7.25. The van der Waals surface area contributed by atoms with Crippen LogP contribution in [0.3, 0.4) is 0 Å². The molecule has 1 amide bonds. The van der Waals surface area contributed by atoms with Crippen molar-refractivity contribution in [1.29, 1.82) is 0 Å². The van der Waals surface area contributed by atoms with E-state index in [0.717, 1.165) is 10.2 Å². The molecule has 2 heterocycles. The largest absolute Gasteiger partial charge is 0.462 e. The molecule has 7 nitrogen and oxygen atoms in total. The van der Waals surface area contributed by atoms with Gasteiger partial charge in [0.05, 0.1) is 22.4 Å². The quantitative estimate of drug-likeness (QED) is 0.660. The monoisotopic (exact) mass is 372 g/mol. The third-order valence-electron chi connectivity index (χ3n) is 3.87. The zero-order valence-corrected chi connectivity index (χ0v) is 15.9. The number of rotatable bonds is 4. The van der Waals surface area contributed by atoms with Gasteiger partial charge in [-0.3, -0.25) is 9.48 Å². The van der Waals surface area contributed by atoms with E-state index in [2.05, 4.69) is 10.1 Å². The summed E-state index contributed by atoms with van der Waals surface area (Å²) >= 11 is 1.34. The summed E-state index contributed by atoms with van der Waals surface area (Å²) in [6.07, 6.45) is 1.77. The van der Waals surface area contributed by atoms with Crippen molar-refractivity contribution >= 4 is 33.4 Å². The third kappa shape index (κ3) is 3.45. The first-order chi connectivity index (χ1) is 12.4. The minimum atomic E-state index is -0.392. The molecule has 8 heteroatoms. The fourth-order valence-corrected chi connectivity index (χ4v) is 3.52. The molecule has 0 aliphatic heterocycles. The SMILES string of the molecule is CCOC(=O)c1ccc2c(c1)sc(=NC(=O)c1ccn(C(C)C)n1)n2C. The number of fused-ring (bicyclic) bond motifs is 1. The van der Waals surface area contributed by atoms with Crippen molar-refractivity contribution in [2.24, 2.45) is 12.0 Å². The van der Waals surface area contributed by atoms with Crippen LogP contribution in [0, 0.1) is 0 Å². The zero-order chi connectivity index (χ0) is 18.8. The number of carbonyl (C=O) groups is 2. The summed E-state index contributed by atoms with van der Waals surface area (Å²) in [6, 6.07) is 7.14. The van der Waals surface area contributed by atoms with E-state index in [1.807, 2.05) is 31.5 Å². The average Bonchev–Trinajstić information content (AvgIpc) is 3.21. The minimum Gasteiger partial charge on any atom is -0.462 e. The number of amides is 1. The highest BCUT2D eigenvalue weighted by atomic mass is 32.1. The fourth-order valence-electron chi connectivity index (χ4n) is 2.47. The van der Waals surface area contributed by atoms with Crippen molar-refractivity contribution in [3.8, 4) is 0 Å². The maximum Gasteiger partial charge on any atom is 0.338 e. The Morgan fingerprint density at radius 3 is 2.73 bits per heavy atom. The Balaban J connectivity index is 1.98. The summed E-state index contributed by atoms with van der Waals surface area (Å²) < 4.78 is 9.43. The van der Waals surface area contributed by atoms with E-state index < -0.39 is 5.91 Å². The Kier molecular flexibility index (Phi) is 5.03. The number of aromatic nitrogens is 3. The molecule has 0 fully saturated rings. The van der Waals surface area contributed by atoms with Crippen LogP contribution in [0.25, 0.3) is 10.2 Å². The predicted molar refractivity (Wildman–Crippen MR) is 99.3 cm³/mol. The molecular formula is C18H20N4O3S. The number of ether oxygens (including phenoxy) is 1. The van der Waals surface area contributed by atoms with Crippen LogP contribution in [0.2, 0.25) is 0 Å². The first-order valence-corrected chi connectivity index (χ1v) is 9.13. The molecule has 0 saturated heterocycles. The van der Waals surface area contributed by atoms with Gasteiger partial charge in [0.2, 0.25) is 0 Å². The van der Waals surface area contributed by atoms with Crippen LogP contribution in [0.1, 0.15) is 47.7 Å². The van der Waals surface area contributed by atoms with Gasteiger partial charge in [-0.1, -0.05) is 11.3 Å². The van der Waals surface area contributed by atoms with Crippen molar-refractivity contribution < 1.29 is 14.3 Å². The van der Waals surface area contributed by atoms with Gasteiger partial charge in [0, 0.05) is 19.3 Å². The number of thiazole rings is 1. The molecule has 0 bridgehead atoms. The average molecular weight is 372 g/mol. The van der Waals surface area contributed by atoms with Gasteiger partial charge in [0.25, 0.3) is 5.91 Å². The molecule has 26 heavy (non-hydrogen) atoms. The Labute approximate surface area is 154 Å². The minimum absolute atomic E-state index is 0.179. The van der Waals surface area contributed by atoms with Gasteiger partial charge >= 0.3 is 5.97 Å². The van der Waals surface area contributed by atoms with Crippen LogP contribution < -0.4 is 4.80 Å². The molecule has 3 rings (SSSR count). The molecule has 3 aromatic rings. The highest BCUT2D eigenvalue weighted by Gasteiger charge is 2.13. The molecule has 2 aromatic heterocycles. The lowest BCUT2D eigenvalue weighted by Gasteiger charge is -2.02. The molecule has 0 spiro atoms. The number of hydrogen-bond acceptors (Lipinski definition) is 5. The van der Waals surface area contributed by atoms with Crippen molar-refractivity contribution in [3.05, 3.63) is 46.5 Å². The zero-order valence-electron chi connectivity index (χ0n) is 15.1. The first kappa shape index (κ1) is 18.1. The Morgan fingerprint density at radius 1 is 1.31 bits per heavy atom. The predicted octanol–water partition coefficient (Wildman–Crippen LogP) is 2.94. The van der Waals surface area contributed by atoms with Crippen molar-refractivity contribution in [1.82, 2.24) is 14.3 Å². The van der Waals surface area contributed by atoms with Crippen LogP contribution in [0.4, 0.5) is 0 Å². The molecule has 0 aliphatic carbocycles. The summed E-state index contributed by atoms with van der Waals surface area (Å²) in [5, 5.41) is 4.25. The number of nitrogens with zero attached hydrogens (tertiary/aromatic N) is 4. The standard InChI is InChI=1S/C18H20N4O3S/c1-5-25-17(24)12-6-7-14-15(10-12)26-18(21(14)4)19-16(23)13-8-9-22(20-13)11(2)3/h6-11H,5H2,1-4H3. The molecule has 1 aromatic carbocycles. The molecule has 0 N–H and O–H groups in total. The molecule has 0 atom stereocenters. The molecule has 136 valence electrons. The second-order valence-electron chi connectivity index (χ2n) is 6.04. The first-order valence-electron chi connectivity index (χ1n) is 8.31. The van der Waals surface area contributed by atoms with Gasteiger partial charge < -0.3 is 9.30 Å². The Hall–Kier alpha value is -2.74. The fraction of sp³-hybridized carbons (Fsp3) is 0.333. The summed E-state index contributed by atoms with van der Waals surface area (Å²) in [6.45, 7) is 6.08. The number of esters is 1. The number of benzene rings is 1. The van der Waals surface area contributed by atoms with Gasteiger partial charge in [0.15, 0.2) is 10.5 Å². The van der Waals surface area contributed by atoms with Crippen LogP contribution in [0.5, 0.6) is 0 Å². The van der Waals surface area contributed by atoms with Gasteiger partial charge in [0.1, 0.15) is 0 Å². The Morgan fingerprint density at radius 2 is 2.08 bits per heavy atom. The number of aryl methyl sites for hydroxylation is 1. The van der Waals surface area contributed by atoms with Crippen LogP contribution in [-0.4, -0.2) is 32.8 Å². The van der Waals surface area contributed by atoms with E-state index in [4.69, 9.17) is 4.74 Å². The van der Waals surface area contributed by atoms with Crippen LogP contribution in [0.15, 0.2) is 35.5 Å². The van der Waals surface area contributed by atoms with Gasteiger partial charge in [-0.05, 0) is 45.0 Å². The second-order valence-corrected chi connectivity index (χ2v) is 7.05. The van der Waals surface area contributed by atoms with E-state index >= 15 is 0 Å². The lowest BCUT2D eigenvalue weighted by molar-refractivity contribution is 0.0526. The van der Waals surface area contributed by atoms with E-state index in [1.54, 1.807) is 36.0 Å². The molecule has 0 unspecified atom stereocenters. The lowest BCUT2D eigenvalue weighted by Crippen LogP contribution is -2.14. The lowest BCUT2D eigenvalue weighted by atomic mass is 10.2. The van der Waals surface area contributed by atoms with E-state index in [0.29, 0.717) is 22.7 Å². The molecular weight excluding hydrogens is 352 g/mol. The number of carbonyl (C=O) groups excluding carboxylic acids is 2. The van der Waals surface area contributed by atoms with E-state index in [9.17, 15) is 9.59 Å². The summed E-state index contributed by atoms with van der Waals surface area (Å²) in [5.41, 5.74) is 1.68. The normalized spacial score (nSPS) is 12.1. The topological polar surface area (TPSA) is 78.5 Å². The van der Waals surface area contributed by atoms with Gasteiger partial charge in [-0.15, -0.1) is 0 Å². The van der Waals surface area contributed by atoms with Gasteiger partial charge in [-0.2, -0.15) is 10.1 Å². The van der Waals surface area contributed by atoms with Crippen molar-refractivity contribution in [2.75, 3.05) is 6.61 Å². The summed E-state index contributed by atoms with van der Waals surface area (Å²) in [5.74, 6) is -0.753.